The molecule has 0 radical (unpaired) electrons. The van der Waals surface area contributed by atoms with E-state index in [1.165, 1.54) is 29.5 Å². The Labute approximate surface area is 127 Å². The molecule has 0 unspecified atom stereocenters. The topological polar surface area (TPSA) is 28.4 Å². The lowest BCUT2D eigenvalue weighted by atomic mass is 10.0. The van der Waals surface area contributed by atoms with E-state index >= 15 is 0 Å². The molecule has 1 aromatic heterocycles. The van der Waals surface area contributed by atoms with Crippen LogP contribution in [0.4, 0.5) is 0 Å². The van der Waals surface area contributed by atoms with Crippen LogP contribution in [0.3, 0.4) is 0 Å². The monoisotopic (exact) mass is 284 g/mol. The summed E-state index contributed by atoms with van der Waals surface area (Å²) >= 11 is 0. The molecule has 2 aromatic rings. The van der Waals surface area contributed by atoms with Crippen molar-refractivity contribution in [3.63, 3.8) is 0 Å². The Morgan fingerprint density at radius 1 is 1.14 bits per heavy atom. The smallest absolute Gasteiger partial charge is 0.0947 e. The van der Waals surface area contributed by atoms with E-state index in [2.05, 4.69) is 41.5 Å². The van der Waals surface area contributed by atoms with Gasteiger partial charge in [0.05, 0.1) is 12.5 Å². The Hall–Kier alpha value is -1.58. The number of furan rings is 1. The second-order valence-corrected chi connectivity index (χ2v) is 6.05. The minimum absolute atomic E-state index is 0.793. The van der Waals surface area contributed by atoms with Crippen LogP contribution in [0.25, 0.3) is 0 Å². The largest absolute Gasteiger partial charge is 0.472 e. The minimum Gasteiger partial charge on any atom is -0.472 e. The van der Waals surface area contributed by atoms with E-state index in [0.29, 0.717) is 0 Å². The molecule has 112 valence electrons. The predicted octanol–water partition coefficient (Wildman–Crippen LogP) is 3.21. The molecule has 0 amide bonds. The molecule has 1 aromatic carbocycles. The lowest BCUT2D eigenvalue weighted by Crippen LogP contribution is -2.21. The van der Waals surface area contributed by atoms with Crippen LogP contribution < -0.4 is 5.32 Å². The fourth-order valence-electron chi connectivity index (χ4n) is 2.70. The highest BCUT2D eigenvalue weighted by molar-refractivity contribution is 5.27. The van der Waals surface area contributed by atoms with Gasteiger partial charge < -0.3 is 9.73 Å². The molecular formula is C18H24N2O. The fraction of sp³-hybridized carbons (Fsp3) is 0.444. The molecular weight excluding hydrogens is 260 g/mol. The summed E-state index contributed by atoms with van der Waals surface area (Å²) in [5.74, 6) is 0. The maximum Gasteiger partial charge on any atom is 0.0947 e. The van der Waals surface area contributed by atoms with Crippen molar-refractivity contribution in [2.24, 2.45) is 0 Å². The van der Waals surface area contributed by atoms with E-state index < -0.39 is 0 Å². The van der Waals surface area contributed by atoms with Crippen molar-refractivity contribution in [3.05, 3.63) is 59.5 Å². The zero-order valence-corrected chi connectivity index (χ0v) is 12.7. The molecule has 0 bridgehead atoms. The van der Waals surface area contributed by atoms with E-state index in [1.807, 2.05) is 12.3 Å². The number of hydrogen-bond donors (Lipinski definition) is 1. The van der Waals surface area contributed by atoms with Gasteiger partial charge in [-0.3, -0.25) is 4.90 Å². The maximum atomic E-state index is 5.14. The van der Waals surface area contributed by atoms with Crippen molar-refractivity contribution in [2.75, 3.05) is 13.6 Å². The zero-order chi connectivity index (χ0) is 14.5. The summed E-state index contributed by atoms with van der Waals surface area (Å²) in [6.45, 7) is 2.99. The van der Waals surface area contributed by atoms with Crippen LogP contribution in [0.1, 0.15) is 29.5 Å². The van der Waals surface area contributed by atoms with Crippen molar-refractivity contribution in [1.82, 2.24) is 10.2 Å². The van der Waals surface area contributed by atoms with Crippen LogP contribution in [-0.2, 0) is 19.5 Å². The highest BCUT2D eigenvalue weighted by Gasteiger charge is 2.19. The maximum absolute atomic E-state index is 5.14. The molecule has 0 spiro atoms. The SMILES string of the molecule is CN(Cc1ccoc1)Cc1ccccc1CCNC1CC1. The molecule has 0 atom stereocenters. The average molecular weight is 284 g/mol. The molecule has 3 nitrogen and oxygen atoms in total. The lowest BCUT2D eigenvalue weighted by Gasteiger charge is -2.18. The van der Waals surface area contributed by atoms with Crippen LogP contribution in [0.2, 0.25) is 0 Å². The number of benzene rings is 1. The van der Waals surface area contributed by atoms with Gasteiger partial charge in [0.15, 0.2) is 0 Å². The normalized spacial score (nSPS) is 14.8. The first-order chi connectivity index (χ1) is 10.3. The lowest BCUT2D eigenvalue weighted by molar-refractivity contribution is 0.316. The molecule has 1 aliphatic carbocycles. The van der Waals surface area contributed by atoms with Gasteiger partial charge in [-0.2, -0.15) is 0 Å². The third kappa shape index (κ3) is 4.45. The Bertz CT molecular complexity index is 546. The summed E-state index contributed by atoms with van der Waals surface area (Å²) in [7, 11) is 2.16. The van der Waals surface area contributed by atoms with Gasteiger partial charge in [-0.15, -0.1) is 0 Å². The highest BCUT2D eigenvalue weighted by Crippen LogP contribution is 2.19. The number of rotatable bonds is 8. The van der Waals surface area contributed by atoms with Crippen LogP contribution in [0, 0.1) is 0 Å². The van der Waals surface area contributed by atoms with E-state index in [0.717, 1.165) is 32.1 Å². The Morgan fingerprint density at radius 3 is 2.67 bits per heavy atom. The molecule has 3 rings (SSSR count). The first-order valence-corrected chi connectivity index (χ1v) is 7.81. The Kier molecular flexibility index (Phi) is 4.73. The van der Waals surface area contributed by atoms with Gasteiger partial charge in [0.1, 0.15) is 0 Å². The summed E-state index contributed by atoms with van der Waals surface area (Å²) in [4.78, 5) is 2.33. The fourth-order valence-corrected chi connectivity index (χ4v) is 2.70. The van der Waals surface area contributed by atoms with E-state index in [4.69, 9.17) is 4.42 Å². The van der Waals surface area contributed by atoms with Gasteiger partial charge in [0.25, 0.3) is 0 Å². The summed E-state index contributed by atoms with van der Waals surface area (Å²) < 4.78 is 5.14. The second-order valence-electron chi connectivity index (χ2n) is 6.05. The highest BCUT2D eigenvalue weighted by atomic mass is 16.3. The van der Waals surface area contributed by atoms with Crippen LogP contribution in [0.5, 0.6) is 0 Å². The third-order valence-corrected chi connectivity index (χ3v) is 4.00. The van der Waals surface area contributed by atoms with Gasteiger partial charge >= 0.3 is 0 Å². The van der Waals surface area contributed by atoms with Crippen LogP contribution >= 0.6 is 0 Å². The van der Waals surface area contributed by atoms with Gasteiger partial charge in [-0.1, -0.05) is 24.3 Å². The van der Waals surface area contributed by atoms with E-state index in [-0.39, 0.29) is 0 Å². The summed E-state index contributed by atoms with van der Waals surface area (Å²) in [5, 5.41) is 3.60. The quantitative estimate of drug-likeness (QED) is 0.807. The number of hydrogen-bond acceptors (Lipinski definition) is 3. The molecule has 1 N–H and O–H groups in total. The molecule has 1 heterocycles. The summed E-state index contributed by atoms with van der Waals surface area (Å²) in [6.07, 6.45) is 7.39. The first-order valence-electron chi connectivity index (χ1n) is 7.81. The molecule has 1 aliphatic rings. The van der Waals surface area contributed by atoms with Crippen molar-refractivity contribution in [1.29, 1.82) is 0 Å². The number of nitrogens with one attached hydrogen (secondary N) is 1. The third-order valence-electron chi connectivity index (χ3n) is 4.00. The molecule has 3 heteroatoms. The summed E-state index contributed by atoms with van der Waals surface area (Å²) in [5.41, 5.74) is 4.12. The van der Waals surface area contributed by atoms with Crippen molar-refractivity contribution in [3.8, 4) is 0 Å². The summed E-state index contributed by atoms with van der Waals surface area (Å²) in [6, 6.07) is 11.6. The first kappa shape index (κ1) is 14.4. The second kappa shape index (κ2) is 6.92. The van der Waals surface area contributed by atoms with E-state index in [9.17, 15) is 0 Å². The molecule has 0 saturated heterocycles. The Morgan fingerprint density at radius 2 is 1.95 bits per heavy atom. The number of nitrogens with zero attached hydrogens (tertiary/aromatic N) is 1. The average Bonchev–Trinajstić information content (AvgIpc) is 3.16. The van der Waals surface area contributed by atoms with Crippen molar-refractivity contribution in [2.45, 2.75) is 38.4 Å². The Balaban J connectivity index is 1.55. The molecule has 1 fully saturated rings. The molecule has 0 aliphatic heterocycles. The van der Waals surface area contributed by atoms with Gasteiger partial charge in [-0.05, 0) is 50.0 Å². The molecule has 1 saturated carbocycles. The van der Waals surface area contributed by atoms with Crippen molar-refractivity contribution >= 4 is 0 Å². The van der Waals surface area contributed by atoms with Gasteiger partial charge in [0.2, 0.25) is 0 Å². The molecule has 21 heavy (non-hydrogen) atoms. The van der Waals surface area contributed by atoms with Crippen molar-refractivity contribution < 1.29 is 4.42 Å². The van der Waals surface area contributed by atoms with Gasteiger partial charge in [-0.25, -0.2) is 0 Å². The van der Waals surface area contributed by atoms with Crippen LogP contribution in [0.15, 0.2) is 47.3 Å². The zero-order valence-electron chi connectivity index (χ0n) is 12.7. The standard InChI is InChI=1S/C18H24N2O/c1-20(12-15-9-11-21-14-15)13-17-5-3-2-4-16(17)8-10-19-18-6-7-18/h2-5,9,11,14,18-19H,6-8,10,12-13H2,1H3. The van der Waals surface area contributed by atoms with E-state index in [1.54, 1.807) is 6.26 Å². The predicted molar refractivity (Wildman–Crippen MR) is 85.0 cm³/mol. The van der Waals surface area contributed by atoms with Crippen LogP contribution in [-0.4, -0.2) is 24.5 Å². The minimum atomic E-state index is 0.793. The van der Waals surface area contributed by atoms with Gasteiger partial charge in [0, 0.05) is 24.7 Å².